The third-order valence-electron chi connectivity index (χ3n) is 2.46. The van der Waals surface area contributed by atoms with Crippen LogP contribution in [-0.4, -0.2) is 19.4 Å². The summed E-state index contributed by atoms with van der Waals surface area (Å²) in [5.74, 6) is -0.483. The van der Waals surface area contributed by atoms with E-state index in [1.807, 2.05) is 11.9 Å². The van der Waals surface area contributed by atoms with E-state index < -0.39 is 0 Å². The van der Waals surface area contributed by atoms with Crippen LogP contribution in [-0.2, 0) is 0 Å². The summed E-state index contributed by atoms with van der Waals surface area (Å²) in [5.41, 5.74) is 1.35. The minimum Gasteiger partial charge on any atom is -0.373 e. The highest BCUT2D eigenvalue weighted by Gasteiger charge is 2.17. The van der Waals surface area contributed by atoms with Gasteiger partial charge in [-0.15, -0.1) is 0 Å². The summed E-state index contributed by atoms with van der Waals surface area (Å²) in [7, 11) is 1.92. The Hall–Kier alpha value is -1.38. The van der Waals surface area contributed by atoms with Gasteiger partial charge in [-0.1, -0.05) is 20.8 Å². The van der Waals surface area contributed by atoms with Gasteiger partial charge in [-0.05, 0) is 30.5 Å². The summed E-state index contributed by atoms with van der Waals surface area (Å²) in [6, 6.07) is 4.36. The zero-order valence-electron chi connectivity index (χ0n) is 11.2. The van der Waals surface area contributed by atoms with Crippen LogP contribution in [0.4, 0.5) is 10.1 Å². The Balaban J connectivity index is 3.09. The second-order valence-electron chi connectivity index (χ2n) is 5.63. The predicted molar refractivity (Wildman–Crippen MR) is 69.1 cm³/mol. The molecule has 17 heavy (non-hydrogen) atoms. The molecule has 94 valence electrons. The average Bonchev–Trinajstić information content (AvgIpc) is 2.14. The monoisotopic (exact) mass is 237 g/mol. The zero-order valence-corrected chi connectivity index (χ0v) is 11.2. The van der Waals surface area contributed by atoms with Crippen LogP contribution >= 0.6 is 0 Å². The van der Waals surface area contributed by atoms with Crippen LogP contribution in [0.25, 0.3) is 0 Å². The maximum absolute atomic E-state index is 13.1. The third kappa shape index (κ3) is 3.84. The van der Waals surface area contributed by atoms with Gasteiger partial charge in [0, 0.05) is 24.8 Å². The number of carbonyl (C=O) groups excluding carboxylic acids is 1. The average molecular weight is 237 g/mol. The van der Waals surface area contributed by atoms with Crippen molar-refractivity contribution in [3.05, 3.63) is 29.6 Å². The minimum absolute atomic E-state index is 0.111. The van der Waals surface area contributed by atoms with Crippen LogP contribution in [0.1, 0.15) is 38.1 Å². The van der Waals surface area contributed by atoms with E-state index in [1.165, 1.54) is 19.1 Å². The lowest BCUT2D eigenvalue weighted by Gasteiger charge is -2.29. The van der Waals surface area contributed by atoms with E-state index in [2.05, 4.69) is 20.8 Å². The zero-order chi connectivity index (χ0) is 13.2. The molecule has 0 aliphatic heterocycles. The Morgan fingerprint density at radius 3 is 2.41 bits per heavy atom. The number of anilines is 1. The van der Waals surface area contributed by atoms with Crippen LogP contribution < -0.4 is 4.90 Å². The molecule has 0 fully saturated rings. The van der Waals surface area contributed by atoms with Crippen LogP contribution in [0.2, 0.25) is 0 Å². The molecule has 1 aromatic rings. The number of benzene rings is 1. The Labute approximate surface area is 102 Å². The largest absolute Gasteiger partial charge is 0.373 e. The highest BCUT2D eigenvalue weighted by atomic mass is 19.1. The van der Waals surface area contributed by atoms with Crippen molar-refractivity contribution in [2.24, 2.45) is 5.41 Å². The molecule has 0 amide bonds. The molecule has 0 saturated heterocycles. The Morgan fingerprint density at radius 2 is 1.94 bits per heavy atom. The van der Waals surface area contributed by atoms with Crippen molar-refractivity contribution in [2.75, 3.05) is 18.5 Å². The Kier molecular flexibility index (Phi) is 3.91. The molecule has 2 nitrogen and oxygen atoms in total. The van der Waals surface area contributed by atoms with E-state index in [9.17, 15) is 9.18 Å². The SMILES string of the molecule is CC(=O)c1cc(F)ccc1N(C)CC(C)(C)C. The first kappa shape index (κ1) is 13.7. The summed E-state index contributed by atoms with van der Waals surface area (Å²) in [5, 5.41) is 0. The third-order valence-corrected chi connectivity index (χ3v) is 2.46. The molecule has 3 heteroatoms. The van der Waals surface area contributed by atoms with E-state index in [1.54, 1.807) is 6.07 Å². The van der Waals surface area contributed by atoms with E-state index in [0.717, 1.165) is 12.2 Å². The molecule has 0 aromatic heterocycles. The first-order valence-electron chi connectivity index (χ1n) is 5.72. The number of halogens is 1. The molecular formula is C14H20FNO. The smallest absolute Gasteiger partial charge is 0.161 e. The number of ketones is 1. The molecule has 0 atom stereocenters. The number of rotatable bonds is 3. The minimum atomic E-state index is -0.372. The molecule has 0 saturated carbocycles. The summed E-state index contributed by atoms with van der Waals surface area (Å²) >= 11 is 0. The summed E-state index contributed by atoms with van der Waals surface area (Å²) in [4.78, 5) is 13.5. The van der Waals surface area contributed by atoms with Gasteiger partial charge in [-0.3, -0.25) is 4.79 Å². The normalized spacial score (nSPS) is 11.4. The van der Waals surface area contributed by atoms with Crippen LogP contribution in [0.3, 0.4) is 0 Å². The maximum atomic E-state index is 13.1. The van der Waals surface area contributed by atoms with Gasteiger partial charge in [-0.2, -0.15) is 0 Å². The van der Waals surface area contributed by atoms with Gasteiger partial charge in [0.25, 0.3) is 0 Å². The van der Waals surface area contributed by atoms with E-state index >= 15 is 0 Å². The van der Waals surface area contributed by atoms with Crippen molar-refractivity contribution in [2.45, 2.75) is 27.7 Å². The fourth-order valence-corrected chi connectivity index (χ4v) is 1.92. The maximum Gasteiger partial charge on any atom is 0.161 e. The molecule has 1 rings (SSSR count). The van der Waals surface area contributed by atoms with Crippen LogP contribution in [0.5, 0.6) is 0 Å². The lowest BCUT2D eigenvalue weighted by Crippen LogP contribution is -2.30. The molecule has 0 heterocycles. The predicted octanol–water partition coefficient (Wildman–Crippen LogP) is 3.51. The fourth-order valence-electron chi connectivity index (χ4n) is 1.92. The molecule has 0 radical (unpaired) electrons. The quantitative estimate of drug-likeness (QED) is 0.750. The van der Waals surface area contributed by atoms with Gasteiger partial charge in [0.15, 0.2) is 5.78 Å². The highest BCUT2D eigenvalue weighted by molar-refractivity contribution is 5.99. The first-order chi connectivity index (χ1) is 7.70. The fraction of sp³-hybridized carbons (Fsp3) is 0.500. The van der Waals surface area contributed by atoms with Crippen molar-refractivity contribution in [3.63, 3.8) is 0 Å². The van der Waals surface area contributed by atoms with Crippen molar-refractivity contribution in [1.82, 2.24) is 0 Å². The molecule has 0 bridgehead atoms. The number of hydrogen-bond acceptors (Lipinski definition) is 2. The molecule has 0 spiro atoms. The van der Waals surface area contributed by atoms with Crippen molar-refractivity contribution in [3.8, 4) is 0 Å². The standard InChI is InChI=1S/C14H20FNO/c1-10(17)12-8-11(15)6-7-13(12)16(5)9-14(2,3)4/h6-8H,9H2,1-5H3. The second kappa shape index (κ2) is 4.86. The Morgan fingerprint density at radius 1 is 1.35 bits per heavy atom. The van der Waals surface area contributed by atoms with Crippen molar-refractivity contribution in [1.29, 1.82) is 0 Å². The summed E-state index contributed by atoms with van der Waals surface area (Å²) in [6.45, 7) is 8.64. The van der Waals surface area contributed by atoms with E-state index in [-0.39, 0.29) is 17.0 Å². The van der Waals surface area contributed by atoms with Gasteiger partial charge < -0.3 is 4.90 Å². The van der Waals surface area contributed by atoms with Crippen LogP contribution in [0, 0.1) is 11.2 Å². The lowest BCUT2D eigenvalue weighted by atomic mass is 9.95. The van der Waals surface area contributed by atoms with E-state index in [4.69, 9.17) is 0 Å². The van der Waals surface area contributed by atoms with Crippen LogP contribution in [0.15, 0.2) is 18.2 Å². The first-order valence-corrected chi connectivity index (χ1v) is 5.72. The Bertz CT molecular complexity index is 421. The number of carbonyl (C=O) groups is 1. The van der Waals surface area contributed by atoms with Gasteiger partial charge >= 0.3 is 0 Å². The summed E-state index contributed by atoms with van der Waals surface area (Å²) < 4.78 is 13.1. The van der Waals surface area contributed by atoms with E-state index in [0.29, 0.717) is 5.56 Å². The summed E-state index contributed by atoms with van der Waals surface area (Å²) in [6.07, 6.45) is 0. The van der Waals surface area contributed by atoms with Gasteiger partial charge in [0.05, 0.1) is 0 Å². The van der Waals surface area contributed by atoms with Gasteiger partial charge in [-0.25, -0.2) is 4.39 Å². The second-order valence-corrected chi connectivity index (χ2v) is 5.63. The molecule has 0 aliphatic rings. The molecule has 0 aliphatic carbocycles. The van der Waals surface area contributed by atoms with Gasteiger partial charge in [0.2, 0.25) is 0 Å². The van der Waals surface area contributed by atoms with Crippen molar-refractivity contribution < 1.29 is 9.18 Å². The molecule has 0 unspecified atom stereocenters. The van der Waals surface area contributed by atoms with Crippen molar-refractivity contribution >= 4 is 11.5 Å². The number of hydrogen-bond donors (Lipinski definition) is 0. The number of nitrogens with zero attached hydrogens (tertiary/aromatic N) is 1. The highest BCUT2D eigenvalue weighted by Crippen LogP contribution is 2.25. The topological polar surface area (TPSA) is 20.3 Å². The lowest BCUT2D eigenvalue weighted by molar-refractivity contribution is 0.101. The molecule has 0 N–H and O–H groups in total. The molecule has 1 aromatic carbocycles. The molecular weight excluding hydrogens is 217 g/mol. The number of Topliss-reactive ketones (excluding diaryl/α,β-unsaturated/α-hetero) is 1. The van der Waals surface area contributed by atoms with Gasteiger partial charge in [0.1, 0.15) is 5.82 Å².